The van der Waals surface area contributed by atoms with Crippen LogP contribution >= 0.6 is 11.8 Å². The number of nitrogens with one attached hydrogen (secondary N) is 2. The molecule has 112 valence electrons. The van der Waals surface area contributed by atoms with Gasteiger partial charge in [0.1, 0.15) is 0 Å². The fourth-order valence-electron chi connectivity index (χ4n) is 1.50. The lowest BCUT2D eigenvalue weighted by molar-refractivity contribution is -0.113. The lowest BCUT2D eigenvalue weighted by Crippen LogP contribution is -2.20. The molecule has 0 aliphatic heterocycles. The van der Waals surface area contributed by atoms with Crippen LogP contribution in [0.5, 0.6) is 0 Å². The fraction of sp³-hybridized carbons (Fsp3) is 0.417. The van der Waals surface area contributed by atoms with E-state index in [4.69, 9.17) is 5.11 Å². The smallest absolute Gasteiger partial charge is 0.240 e. The Balaban J connectivity index is 2.83. The van der Waals surface area contributed by atoms with Crippen molar-refractivity contribution in [3.63, 3.8) is 0 Å². The van der Waals surface area contributed by atoms with E-state index in [0.717, 1.165) is 0 Å². The van der Waals surface area contributed by atoms with Crippen LogP contribution in [0.2, 0.25) is 0 Å². The Bertz CT molecular complexity index is 573. The summed E-state index contributed by atoms with van der Waals surface area (Å²) in [7, 11) is -2.21. The summed E-state index contributed by atoms with van der Waals surface area (Å²) in [6, 6.07) is 4.72. The van der Waals surface area contributed by atoms with Crippen LogP contribution in [0.4, 0.5) is 5.69 Å². The van der Waals surface area contributed by atoms with Gasteiger partial charge in [-0.15, -0.1) is 11.8 Å². The second-order valence-corrected chi connectivity index (χ2v) is 6.97. The van der Waals surface area contributed by atoms with Crippen molar-refractivity contribution in [2.75, 3.05) is 30.5 Å². The second-order valence-electron chi connectivity index (χ2n) is 4.01. The molecule has 0 saturated heterocycles. The maximum Gasteiger partial charge on any atom is 0.240 e. The molecule has 6 nitrogen and oxygen atoms in total. The molecule has 0 saturated carbocycles. The van der Waals surface area contributed by atoms with Crippen LogP contribution in [-0.4, -0.2) is 44.6 Å². The van der Waals surface area contributed by atoms with Gasteiger partial charge in [0.2, 0.25) is 15.9 Å². The third kappa shape index (κ3) is 4.78. The first kappa shape index (κ1) is 17.0. The molecule has 0 aliphatic rings. The molecule has 1 aromatic carbocycles. The summed E-state index contributed by atoms with van der Waals surface area (Å²) in [6.07, 6.45) is 0. The number of anilines is 1. The Morgan fingerprint density at radius 1 is 1.40 bits per heavy atom. The largest absolute Gasteiger partial charge is 0.396 e. The Hall–Kier alpha value is -1.09. The molecule has 8 heteroatoms. The van der Waals surface area contributed by atoms with Crippen molar-refractivity contribution in [2.24, 2.45) is 0 Å². The summed E-state index contributed by atoms with van der Waals surface area (Å²) in [5, 5.41) is 11.3. The van der Waals surface area contributed by atoms with E-state index in [-0.39, 0.29) is 23.2 Å². The van der Waals surface area contributed by atoms with Gasteiger partial charge in [-0.3, -0.25) is 4.79 Å². The number of amides is 1. The standard InChI is InChI=1S/C12H18N2O4S2/c1-9-3-4-10(7-11(9)20(17,18)13-2)14-12(16)8-19-6-5-15/h3-4,7,13,15H,5-6,8H2,1-2H3,(H,14,16). The summed E-state index contributed by atoms with van der Waals surface area (Å²) in [4.78, 5) is 11.8. The van der Waals surface area contributed by atoms with Gasteiger partial charge in [-0.2, -0.15) is 0 Å². The fourth-order valence-corrected chi connectivity index (χ4v) is 3.03. The minimum atomic E-state index is -3.55. The summed E-state index contributed by atoms with van der Waals surface area (Å²) >= 11 is 1.31. The average Bonchev–Trinajstić information content (AvgIpc) is 2.41. The highest BCUT2D eigenvalue weighted by atomic mass is 32.2. The average molecular weight is 318 g/mol. The molecule has 0 radical (unpaired) electrons. The Kier molecular flexibility index (Phi) is 6.47. The van der Waals surface area contributed by atoms with Crippen molar-refractivity contribution >= 4 is 33.4 Å². The molecule has 0 atom stereocenters. The minimum Gasteiger partial charge on any atom is -0.396 e. The number of rotatable bonds is 7. The van der Waals surface area contributed by atoms with Gasteiger partial charge in [0, 0.05) is 11.4 Å². The van der Waals surface area contributed by atoms with Gasteiger partial charge in [-0.1, -0.05) is 6.07 Å². The molecule has 0 fully saturated rings. The van der Waals surface area contributed by atoms with Gasteiger partial charge in [-0.25, -0.2) is 13.1 Å². The quantitative estimate of drug-likeness (QED) is 0.639. The number of aliphatic hydroxyl groups is 1. The van der Waals surface area contributed by atoms with Gasteiger partial charge in [0.05, 0.1) is 17.3 Å². The van der Waals surface area contributed by atoms with E-state index in [9.17, 15) is 13.2 Å². The van der Waals surface area contributed by atoms with Crippen LogP contribution < -0.4 is 10.0 Å². The molecular weight excluding hydrogens is 300 g/mol. The maximum atomic E-state index is 11.8. The SMILES string of the molecule is CNS(=O)(=O)c1cc(NC(=O)CSCCO)ccc1C. The van der Waals surface area contributed by atoms with Crippen molar-refractivity contribution in [1.82, 2.24) is 4.72 Å². The highest BCUT2D eigenvalue weighted by molar-refractivity contribution is 7.99. The Morgan fingerprint density at radius 2 is 2.10 bits per heavy atom. The molecule has 0 unspecified atom stereocenters. The van der Waals surface area contributed by atoms with Crippen molar-refractivity contribution in [1.29, 1.82) is 0 Å². The molecule has 3 N–H and O–H groups in total. The molecule has 0 aliphatic carbocycles. The molecular formula is C12H18N2O4S2. The number of aliphatic hydroxyl groups excluding tert-OH is 1. The van der Waals surface area contributed by atoms with Crippen molar-refractivity contribution < 1.29 is 18.3 Å². The van der Waals surface area contributed by atoms with E-state index in [1.165, 1.54) is 24.9 Å². The van der Waals surface area contributed by atoms with E-state index >= 15 is 0 Å². The predicted molar refractivity (Wildman–Crippen MR) is 80.5 cm³/mol. The van der Waals surface area contributed by atoms with Gasteiger partial charge in [0.15, 0.2) is 0 Å². The van der Waals surface area contributed by atoms with E-state index in [1.807, 2.05) is 0 Å². The number of benzene rings is 1. The second kappa shape index (κ2) is 7.63. The van der Waals surface area contributed by atoms with Gasteiger partial charge < -0.3 is 10.4 Å². The first-order chi connectivity index (χ1) is 9.40. The van der Waals surface area contributed by atoms with E-state index in [2.05, 4.69) is 10.0 Å². The van der Waals surface area contributed by atoms with Crippen molar-refractivity contribution in [3.8, 4) is 0 Å². The van der Waals surface area contributed by atoms with Crippen LogP contribution in [0.15, 0.2) is 23.1 Å². The third-order valence-electron chi connectivity index (χ3n) is 2.50. The summed E-state index contributed by atoms with van der Waals surface area (Å²) in [6.45, 7) is 1.71. The zero-order chi connectivity index (χ0) is 15.2. The zero-order valence-corrected chi connectivity index (χ0v) is 13.0. The lowest BCUT2D eigenvalue weighted by atomic mass is 10.2. The first-order valence-corrected chi connectivity index (χ1v) is 8.57. The van der Waals surface area contributed by atoms with E-state index in [0.29, 0.717) is 17.0 Å². The maximum absolute atomic E-state index is 11.8. The summed E-state index contributed by atoms with van der Waals surface area (Å²) in [5.41, 5.74) is 1.03. The topological polar surface area (TPSA) is 95.5 Å². The normalized spacial score (nSPS) is 11.3. The number of thioether (sulfide) groups is 1. The molecule has 1 rings (SSSR count). The van der Waals surface area contributed by atoms with E-state index < -0.39 is 10.0 Å². The van der Waals surface area contributed by atoms with Crippen molar-refractivity contribution in [3.05, 3.63) is 23.8 Å². The van der Waals surface area contributed by atoms with Crippen LogP contribution in [0.3, 0.4) is 0 Å². The molecule has 1 aromatic rings. The monoisotopic (exact) mass is 318 g/mol. The molecule has 0 spiro atoms. The highest BCUT2D eigenvalue weighted by Gasteiger charge is 2.15. The van der Waals surface area contributed by atoms with Gasteiger partial charge in [-0.05, 0) is 31.7 Å². The summed E-state index contributed by atoms with van der Waals surface area (Å²) in [5.74, 6) is 0.462. The van der Waals surface area contributed by atoms with Crippen LogP contribution in [-0.2, 0) is 14.8 Å². The van der Waals surface area contributed by atoms with E-state index in [1.54, 1.807) is 19.1 Å². The van der Waals surface area contributed by atoms with Gasteiger partial charge in [0.25, 0.3) is 0 Å². The molecule has 0 aromatic heterocycles. The molecule has 1 amide bonds. The third-order valence-corrected chi connectivity index (χ3v) is 4.99. The minimum absolute atomic E-state index is 0.0209. The molecule has 0 bridgehead atoms. The lowest BCUT2D eigenvalue weighted by Gasteiger charge is -2.10. The number of hydrogen-bond acceptors (Lipinski definition) is 5. The Labute approximate surface area is 123 Å². The van der Waals surface area contributed by atoms with Crippen LogP contribution in [0.1, 0.15) is 5.56 Å². The van der Waals surface area contributed by atoms with Crippen LogP contribution in [0, 0.1) is 6.92 Å². The van der Waals surface area contributed by atoms with Gasteiger partial charge >= 0.3 is 0 Å². The zero-order valence-electron chi connectivity index (χ0n) is 11.3. The number of carbonyl (C=O) groups excluding carboxylic acids is 1. The number of aryl methyl sites for hydroxylation is 1. The molecule has 20 heavy (non-hydrogen) atoms. The highest BCUT2D eigenvalue weighted by Crippen LogP contribution is 2.20. The van der Waals surface area contributed by atoms with Crippen LogP contribution in [0.25, 0.3) is 0 Å². The first-order valence-electron chi connectivity index (χ1n) is 5.93. The number of carbonyl (C=O) groups is 1. The Morgan fingerprint density at radius 3 is 2.70 bits per heavy atom. The van der Waals surface area contributed by atoms with Crippen molar-refractivity contribution in [2.45, 2.75) is 11.8 Å². The molecule has 0 heterocycles. The summed E-state index contributed by atoms with van der Waals surface area (Å²) < 4.78 is 25.9. The number of sulfonamides is 1. The predicted octanol–water partition coefficient (Wildman–Crippen LogP) is 0.567. The number of hydrogen-bond donors (Lipinski definition) is 3.